The van der Waals surface area contributed by atoms with Gasteiger partial charge in [-0.3, -0.25) is 0 Å². The Bertz CT molecular complexity index is 1850. The molecule has 0 aromatic carbocycles. The summed E-state index contributed by atoms with van der Waals surface area (Å²) in [5.74, 6) is -1.44. The fraction of sp³-hybridized carbons (Fsp3) is 0.938. The van der Waals surface area contributed by atoms with Crippen molar-refractivity contribution < 1.29 is 94.5 Å². The van der Waals surface area contributed by atoms with E-state index in [2.05, 4.69) is 33.8 Å². The minimum absolute atomic E-state index is 0.102. The van der Waals surface area contributed by atoms with E-state index >= 15 is 0 Å². The highest BCUT2D eigenvalue weighted by Gasteiger charge is 2.70. The molecule has 26 atom stereocenters. The van der Waals surface area contributed by atoms with Crippen molar-refractivity contribution >= 4 is 5.97 Å². The Balaban J connectivity index is 1.08. The number of aliphatic carboxylic acids is 1. The molecule has 26 unspecified atom stereocenters. The average Bonchev–Trinajstić information content (AvgIpc) is 3.27. The summed E-state index contributed by atoms with van der Waals surface area (Å²) in [4.78, 5) is 12.5. The number of carboxylic acid groups (broad SMARTS) is 1. The van der Waals surface area contributed by atoms with Crippen molar-refractivity contribution in [2.24, 2.45) is 50.2 Å². The third-order valence-corrected chi connectivity index (χ3v) is 19.7. The molecule has 5 aliphatic carbocycles. The fourth-order valence-corrected chi connectivity index (χ4v) is 15.1. The van der Waals surface area contributed by atoms with Gasteiger partial charge in [-0.2, -0.15) is 0 Å². The third-order valence-electron chi connectivity index (χ3n) is 19.7. The van der Waals surface area contributed by atoms with Crippen molar-refractivity contribution in [2.75, 3.05) is 13.2 Å². The molecule has 0 bridgehead atoms. The summed E-state index contributed by atoms with van der Waals surface area (Å²) in [7, 11) is 0. The number of allylic oxidation sites excluding steroid dienone is 2. The lowest BCUT2D eigenvalue weighted by Crippen LogP contribution is -2.68. The first-order valence-electron chi connectivity index (χ1n) is 24.4. The average molecular weight is 959 g/mol. The molecule has 3 aliphatic heterocycles. The monoisotopic (exact) mass is 959 g/mol. The van der Waals surface area contributed by atoms with Crippen LogP contribution in [-0.2, 0) is 33.2 Å². The number of carbonyl (C=O) groups is 1. The summed E-state index contributed by atoms with van der Waals surface area (Å²) >= 11 is 0. The number of hydrogen-bond donors (Lipinski definition) is 12. The predicted molar refractivity (Wildman–Crippen MR) is 232 cm³/mol. The Morgan fingerprint density at radius 1 is 0.657 bits per heavy atom. The zero-order chi connectivity index (χ0) is 49.3. The van der Waals surface area contributed by atoms with Gasteiger partial charge in [0.05, 0.1) is 37.6 Å². The van der Waals surface area contributed by atoms with Crippen LogP contribution in [0, 0.1) is 50.2 Å². The Morgan fingerprint density at radius 3 is 1.91 bits per heavy atom. The summed E-state index contributed by atoms with van der Waals surface area (Å²) < 4.78 is 36.2. The first-order chi connectivity index (χ1) is 31.2. The molecule has 67 heavy (non-hydrogen) atoms. The highest BCUT2D eigenvalue weighted by atomic mass is 16.8. The van der Waals surface area contributed by atoms with Crippen LogP contribution in [0.1, 0.15) is 107 Å². The Kier molecular flexibility index (Phi) is 13.9. The minimum atomic E-state index is -2.08. The lowest BCUT2D eigenvalue weighted by atomic mass is 9.33. The summed E-state index contributed by atoms with van der Waals surface area (Å²) in [6.45, 7) is 15.5. The standard InChI is InChI=1S/C48H78O19/c1-20-27(51)29(53)33(57)40(62-20)66-35-30(54)28(52)23(18-49)63-41(35)67-36-32(56)31(55)34(39(60)61)65-42(36)64-26-12-13-45(5)24(46(26,6)19-50)11-14-48(8)25(45)10-9-21-22-17-43(2,3)37(58)38(59)44(22,4)15-16-47(21,48)7/h9,20,22-38,40-42,49-59H,10-19H2,1-8H3,(H,60,61). The molecular formula is C48H78O19. The first-order valence-corrected chi connectivity index (χ1v) is 24.4. The van der Waals surface area contributed by atoms with Crippen LogP contribution in [0.3, 0.4) is 0 Å². The Hall–Kier alpha value is -1.47. The van der Waals surface area contributed by atoms with Crippen molar-refractivity contribution in [3.8, 4) is 0 Å². The van der Waals surface area contributed by atoms with Crippen LogP contribution < -0.4 is 0 Å². The van der Waals surface area contributed by atoms with E-state index in [1.807, 2.05) is 20.8 Å². The largest absolute Gasteiger partial charge is 0.479 e. The number of hydrogen-bond acceptors (Lipinski definition) is 18. The Labute approximate surface area is 392 Å². The van der Waals surface area contributed by atoms with Crippen molar-refractivity contribution in [3.63, 3.8) is 0 Å². The highest BCUT2D eigenvalue weighted by molar-refractivity contribution is 5.73. The number of rotatable bonds is 9. The molecule has 19 heteroatoms. The molecule has 7 fully saturated rings. The van der Waals surface area contributed by atoms with Crippen molar-refractivity contribution in [3.05, 3.63) is 11.6 Å². The molecule has 0 aromatic rings. The second-order valence-corrected chi connectivity index (χ2v) is 23.6. The van der Waals surface area contributed by atoms with Crippen LogP contribution in [0.5, 0.6) is 0 Å². The molecule has 8 aliphatic rings. The maximum Gasteiger partial charge on any atom is 0.335 e. The summed E-state index contributed by atoms with van der Waals surface area (Å²) in [6, 6.07) is 0. The number of ether oxygens (including phenoxy) is 6. The lowest BCUT2D eigenvalue weighted by Gasteiger charge is -2.72. The predicted octanol–water partition coefficient (Wildman–Crippen LogP) is -0.325. The van der Waals surface area contributed by atoms with E-state index in [4.69, 9.17) is 28.4 Å². The molecule has 4 saturated carbocycles. The molecule has 8 rings (SSSR count). The van der Waals surface area contributed by atoms with Gasteiger partial charge in [-0.1, -0.05) is 60.1 Å². The van der Waals surface area contributed by atoms with Crippen LogP contribution in [0.4, 0.5) is 0 Å². The molecule has 3 heterocycles. The molecule has 384 valence electrons. The molecule has 0 spiro atoms. The van der Waals surface area contributed by atoms with Gasteiger partial charge in [-0.05, 0) is 97.7 Å². The van der Waals surface area contributed by atoms with Gasteiger partial charge in [0.2, 0.25) is 0 Å². The van der Waals surface area contributed by atoms with Gasteiger partial charge in [-0.15, -0.1) is 0 Å². The van der Waals surface area contributed by atoms with E-state index in [0.717, 1.165) is 38.5 Å². The van der Waals surface area contributed by atoms with Crippen LogP contribution in [0.15, 0.2) is 11.6 Å². The van der Waals surface area contributed by atoms with E-state index in [-0.39, 0.29) is 40.6 Å². The summed E-state index contributed by atoms with van der Waals surface area (Å²) in [6.07, 6.45) is -20.7. The molecule has 0 amide bonds. The third kappa shape index (κ3) is 7.83. The lowest BCUT2D eigenvalue weighted by molar-refractivity contribution is -0.396. The van der Waals surface area contributed by atoms with Gasteiger partial charge in [0.1, 0.15) is 61.0 Å². The molecule has 19 nitrogen and oxygen atoms in total. The van der Waals surface area contributed by atoms with Gasteiger partial charge in [-0.25, -0.2) is 4.79 Å². The smallest absolute Gasteiger partial charge is 0.335 e. The van der Waals surface area contributed by atoms with Crippen LogP contribution >= 0.6 is 0 Å². The van der Waals surface area contributed by atoms with Gasteiger partial charge < -0.3 is 89.7 Å². The molecule has 3 saturated heterocycles. The van der Waals surface area contributed by atoms with Crippen molar-refractivity contribution in [1.82, 2.24) is 0 Å². The van der Waals surface area contributed by atoms with E-state index in [1.165, 1.54) is 12.5 Å². The second-order valence-electron chi connectivity index (χ2n) is 23.6. The summed E-state index contributed by atoms with van der Waals surface area (Å²) in [5.41, 5.74) is -1.17. The second kappa shape index (κ2) is 17.9. The first kappa shape index (κ1) is 51.9. The van der Waals surface area contributed by atoms with Gasteiger partial charge in [0.25, 0.3) is 0 Å². The number of carboxylic acids is 1. The van der Waals surface area contributed by atoms with E-state index in [9.17, 15) is 66.1 Å². The zero-order valence-electron chi connectivity index (χ0n) is 40.0. The van der Waals surface area contributed by atoms with E-state index in [0.29, 0.717) is 12.8 Å². The molecule has 0 aromatic heterocycles. The fourth-order valence-electron chi connectivity index (χ4n) is 15.1. The molecular weight excluding hydrogens is 881 g/mol. The van der Waals surface area contributed by atoms with Gasteiger partial charge >= 0.3 is 5.97 Å². The van der Waals surface area contributed by atoms with Crippen LogP contribution in [0.2, 0.25) is 0 Å². The molecule has 12 N–H and O–H groups in total. The topological polar surface area (TPSA) is 315 Å². The zero-order valence-corrected chi connectivity index (χ0v) is 40.0. The van der Waals surface area contributed by atoms with Gasteiger partial charge in [0, 0.05) is 10.8 Å². The van der Waals surface area contributed by atoms with Crippen LogP contribution in [0.25, 0.3) is 0 Å². The van der Waals surface area contributed by atoms with Gasteiger partial charge in [0.15, 0.2) is 25.0 Å². The highest BCUT2D eigenvalue weighted by Crippen LogP contribution is 2.76. The number of aliphatic hydroxyl groups is 11. The van der Waals surface area contributed by atoms with E-state index in [1.54, 1.807) is 0 Å². The van der Waals surface area contributed by atoms with E-state index < -0.39 is 139 Å². The van der Waals surface area contributed by atoms with Crippen molar-refractivity contribution in [1.29, 1.82) is 0 Å². The summed E-state index contributed by atoms with van der Waals surface area (Å²) in [5, 5.41) is 131. The molecule has 0 radical (unpaired) electrons. The quantitative estimate of drug-likeness (QED) is 0.104. The van der Waals surface area contributed by atoms with Crippen LogP contribution in [-0.4, -0.2) is 191 Å². The maximum atomic E-state index is 12.5. The number of fused-ring (bicyclic) bond motifs is 7. The number of aliphatic hydroxyl groups excluding tert-OH is 11. The Morgan fingerprint density at radius 2 is 1.28 bits per heavy atom. The normalized spacial score (nSPS) is 56.4. The maximum absolute atomic E-state index is 12.5. The van der Waals surface area contributed by atoms with Crippen molar-refractivity contribution in [2.45, 2.75) is 217 Å². The SMILES string of the molecule is CC1OC(OC2C(OC3C(OC4CCC5(C)C(CCC6(C)C5CC=C5C7CC(C)(C)C(O)C(O)C7(C)CCC56C)C4(C)CO)OC(C(=O)O)C(O)C3O)OC(CO)C(O)C2O)C(O)C(O)C1O. The minimum Gasteiger partial charge on any atom is -0.479 e.